The van der Waals surface area contributed by atoms with Gasteiger partial charge in [0.1, 0.15) is 0 Å². The van der Waals surface area contributed by atoms with Crippen LogP contribution in [0.2, 0.25) is 0 Å². The second-order valence-corrected chi connectivity index (χ2v) is 4.56. The Morgan fingerprint density at radius 2 is 2.00 bits per heavy atom. The fraction of sp³-hybridized carbons (Fsp3) is 0.875. The van der Waals surface area contributed by atoms with Crippen LogP contribution in [0.25, 0.3) is 0 Å². The first-order valence-electron chi connectivity index (χ1n) is 3.68. The monoisotopic (exact) mass is 157 g/mol. The maximum absolute atomic E-state index is 5.08. The molecule has 2 heteroatoms. The average molecular weight is 157 g/mol. The highest BCUT2D eigenvalue weighted by molar-refractivity contribution is 7.80. The highest BCUT2D eigenvalue weighted by Gasteiger charge is 2.37. The van der Waals surface area contributed by atoms with E-state index in [2.05, 4.69) is 32.7 Å². The lowest BCUT2D eigenvalue weighted by atomic mass is 9.79. The van der Waals surface area contributed by atoms with Gasteiger partial charge in [-0.25, -0.2) is 0 Å². The van der Waals surface area contributed by atoms with Crippen molar-refractivity contribution in [2.24, 2.45) is 5.41 Å². The molecule has 1 rings (SSSR count). The lowest BCUT2D eigenvalue weighted by Gasteiger charge is -2.48. The van der Waals surface area contributed by atoms with Gasteiger partial charge in [0.05, 0.1) is 4.99 Å². The molecule has 1 fully saturated rings. The molecule has 0 radical (unpaired) electrons. The number of hydrogen-bond acceptors (Lipinski definition) is 1. The van der Waals surface area contributed by atoms with E-state index in [-0.39, 0.29) is 0 Å². The van der Waals surface area contributed by atoms with Crippen LogP contribution < -0.4 is 0 Å². The summed E-state index contributed by atoms with van der Waals surface area (Å²) in [5.41, 5.74) is 0.386. The van der Waals surface area contributed by atoms with E-state index in [4.69, 9.17) is 12.2 Å². The Morgan fingerprint density at radius 3 is 2.10 bits per heavy atom. The van der Waals surface area contributed by atoms with Crippen LogP contribution in [0.15, 0.2) is 0 Å². The van der Waals surface area contributed by atoms with E-state index in [0.717, 1.165) is 11.4 Å². The molecule has 0 aromatic heterocycles. The first-order chi connectivity index (χ1) is 4.43. The van der Waals surface area contributed by atoms with Gasteiger partial charge in [0, 0.05) is 19.5 Å². The Morgan fingerprint density at radius 1 is 1.50 bits per heavy atom. The Bertz CT molecular complexity index is 157. The predicted octanol–water partition coefficient (Wildman–Crippen LogP) is 2.06. The molecule has 1 atom stereocenters. The highest BCUT2D eigenvalue weighted by Crippen LogP contribution is 2.33. The van der Waals surface area contributed by atoms with Crippen molar-refractivity contribution in [2.45, 2.75) is 33.2 Å². The van der Waals surface area contributed by atoms with E-state index in [1.165, 1.54) is 0 Å². The molecular weight excluding hydrogens is 142 g/mol. The van der Waals surface area contributed by atoms with Crippen molar-refractivity contribution in [3.63, 3.8) is 0 Å². The van der Waals surface area contributed by atoms with E-state index >= 15 is 0 Å². The first-order valence-corrected chi connectivity index (χ1v) is 4.09. The molecule has 1 aliphatic heterocycles. The van der Waals surface area contributed by atoms with Crippen molar-refractivity contribution in [2.75, 3.05) is 7.05 Å². The Labute approximate surface area is 68.4 Å². The molecule has 0 amide bonds. The minimum Gasteiger partial charge on any atom is -0.365 e. The number of thiocarbonyl (C=S) groups is 1. The lowest BCUT2D eigenvalue weighted by Crippen LogP contribution is -2.55. The Balaban J connectivity index is 2.56. The summed E-state index contributed by atoms with van der Waals surface area (Å²) in [4.78, 5) is 3.31. The summed E-state index contributed by atoms with van der Waals surface area (Å²) < 4.78 is 0. The quantitative estimate of drug-likeness (QED) is 0.495. The van der Waals surface area contributed by atoms with E-state index in [1.807, 2.05) is 0 Å². The molecule has 58 valence electrons. The van der Waals surface area contributed by atoms with Crippen molar-refractivity contribution >= 4 is 17.2 Å². The molecule has 0 aromatic carbocycles. The van der Waals surface area contributed by atoms with Gasteiger partial charge in [-0.3, -0.25) is 0 Å². The third-order valence-electron chi connectivity index (χ3n) is 2.23. The topological polar surface area (TPSA) is 3.24 Å². The van der Waals surface area contributed by atoms with Crippen LogP contribution in [-0.2, 0) is 0 Å². The summed E-state index contributed by atoms with van der Waals surface area (Å²) >= 11 is 5.08. The van der Waals surface area contributed by atoms with Gasteiger partial charge in [-0.05, 0) is 5.41 Å². The zero-order chi connectivity index (χ0) is 7.94. The fourth-order valence-electron chi connectivity index (χ4n) is 1.39. The molecule has 0 aliphatic carbocycles. The molecule has 0 spiro atoms. The third-order valence-corrected chi connectivity index (χ3v) is 2.68. The predicted molar refractivity (Wildman–Crippen MR) is 48.2 cm³/mol. The molecule has 1 heterocycles. The maximum Gasteiger partial charge on any atom is 0.0800 e. The van der Waals surface area contributed by atoms with E-state index in [1.54, 1.807) is 0 Å². The van der Waals surface area contributed by atoms with Crippen LogP contribution in [0.1, 0.15) is 27.2 Å². The second-order valence-electron chi connectivity index (χ2n) is 4.09. The van der Waals surface area contributed by atoms with Gasteiger partial charge in [0.25, 0.3) is 0 Å². The highest BCUT2D eigenvalue weighted by atomic mass is 32.1. The van der Waals surface area contributed by atoms with E-state index in [9.17, 15) is 0 Å². The largest absolute Gasteiger partial charge is 0.365 e. The summed E-state index contributed by atoms with van der Waals surface area (Å²) in [6, 6.07) is 0.667. The molecule has 0 bridgehead atoms. The molecule has 0 saturated carbocycles. The van der Waals surface area contributed by atoms with Gasteiger partial charge in [-0.1, -0.05) is 33.0 Å². The number of hydrogen-bond donors (Lipinski definition) is 0. The molecule has 10 heavy (non-hydrogen) atoms. The van der Waals surface area contributed by atoms with E-state index < -0.39 is 0 Å². The van der Waals surface area contributed by atoms with Crippen LogP contribution in [0, 0.1) is 5.41 Å². The zero-order valence-electron chi connectivity index (χ0n) is 7.14. The molecule has 1 aliphatic rings. The summed E-state index contributed by atoms with van der Waals surface area (Å²) in [6.45, 7) is 6.78. The molecule has 0 N–H and O–H groups in total. The van der Waals surface area contributed by atoms with Crippen molar-refractivity contribution < 1.29 is 0 Å². The van der Waals surface area contributed by atoms with Crippen LogP contribution in [-0.4, -0.2) is 23.0 Å². The molecule has 0 aromatic rings. The Hall–Kier alpha value is -0.110. The maximum atomic E-state index is 5.08. The third kappa shape index (κ3) is 1.17. The van der Waals surface area contributed by atoms with Crippen molar-refractivity contribution in [1.29, 1.82) is 0 Å². The van der Waals surface area contributed by atoms with Crippen LogP contribution in [0.4, 0.5) is 0 Å². The number of rotatable bonds is 0. The summed E-state index contributed by atoms with van der Waals surface area (Å²) in [6.07, 6.45) is 1.11. The lowest BCUT2D eigenvalue weighted by molar-refractivity contribution is 0.152. The van der Waals surface area contributed by atoms with Crippen molar-refractivity contribution in [3.05, 3.63) is 0 Å². The van der Waals surface area contributed by atoms with Gasteiger partial charge >= 0.3 is 0 Å². The smallest absolute Gasteiger partial charge is 0.0800 e. The fourth-order valence-corrected chi connectivity index (χ4v) is 1.68. The molecule has 1 saturated heterocycles. The molecule has 1 unspecified atom stereocenters. The standard InChI is InChI=1S/C8H15NS/c1-8(2,3)6-5-7(10)9(6)4/h6H,5H2,1-4H3. The second kappa shape index (κ2) is 2.19. The van der Waals surface area contributed by atoms with Crippen LogP contribution in [0.5, 0.6) is 0 Å². The minimum atomic E-state index is 0.386. The SMILES string of the molecule is CN1C(=S)CC1C(C)(C)C. The normalized spacial score (nSPS) is 26.6. The molecule has 1 nitrogen and oxygen atoms in total. The molecular formula is C8H15NS. The average Bonchev–Trinajstić information content (AvgIpc) is 1.79. The van der Waals surface area contributed by atoms with Crippen LogP contribution >= 0.6 is 12.2 Å². The summed E-state index contributed by atoms with van der Waals surface area (Å²) in [7, 11) is 2.09. The van der Waals surface area contributed by atoms with E-state index in [0.29, 0.717) is 11.5 Å². The van der Waals surface area contributed by atoms with Gasteiger partial charge in [0.2, 0.25) is 0 Å². The van der Waals surface area contributed by atoms with Crippen LogP contribution in [0.3, 0.4) is 0 Å². The summed E-state index contributed by atoms with van der Waals surface area (Å²) in [5, 5.41) is 0. The van der Waals surface area contributed by atoms with Gasteiger partial charge in [0.15, 0.2) is 0 Å². The summed E-state index contributed by atoms with van der Waals surface area (Å²) in [5.74, 6) is 0. The van der Waals surface area contributed by atoms with Gasteiger partial charge < -0.3 is 4.90 Å². The van der Waals surface area contributed by atoms with Gasteiger partial charge in [-0.2, -0.15) is 0 Å². The Kier molecular flexibility index (Phi) is 1.75. The van der Waals surface area contributed by atoms with Crippen molar-refractivity contribution in [1.82, 2.24) is 4.90 Å². The minimum absolute atomic E-state index is 0.386. The van der Waals surface area contributed by atoms with Gasteiger partial charge in [-0.15, -0.1) is 0 Å². The number of nitrogens with zero attached hydrogens (tertiary/aromatic N) is 1. The zero-order valence-corrected chi connectivity index (χ0v) is 7.96. The van der Waals surface area contributed by atoms with Crippen molar-refractivity contribution in [3.8, 4) is 0 Å². The number of likely N-dealkylation sites (tertiary alicyclic amines) is 1. The first kappa shape index (κ1) is 7.99.